The van der Waals surface area contributed by atoms with E-state index in [-0.39, 0.29) is 5.56 Å². The van der Waals surface area contributed by atoms with Crippen LogP contribution in [0.1, 0.15) is 30.5 Å². The van der Waals surface area contributed by atoms with Gasteiger partial charge in [0, 0.05) is 11.6 Å². The summed E-state index contributed by atoms with van der Waals surface area (Å²) in [6.07, 6.45) is 0.525. The quantitative estimate of drug-likeness (QED) is 0.753. The Labute approximate surface area is 76.6 Å². The maximum Gasteiger partial charge on any atom is 0.133 e. The number of halogens is 2. The standard InChI is InChI=1S/C10H13F2N/c1-3-8(13)9-7(11)5-4-6(2)10(9)12/h4-5,8H,3,13H2,1-2H3/t8-/m0/s1. The van der Waals surface area contributed by atoms with Crippen LogP contribution in [-0.4, -0.2) is 0 Å². The van der Waals surface area contributed by atoms with Gasteiger partial charge in [0.25, 0.3) is 0 Å². The summed E-state index contributed by atoms with van der Waals surface area (Å²) < 4.78 is 26.5. The molecule has 0 amide bonds. The Balaban J connectivity index is 3.25. The predicted octanol–water partition coefficient (Wildman–Crippen LogP) is 2.68. The van der Waals surface area contributed by atoms with E-state index >= 15 is 0 Å². The molecule has 72 valence electrons. The number of aryl methyl sites for hydroxylation is 1. The summed E-state index contributed by atoms with van der Waals surface area (Å²) in [6, 6.07) is 2.11. The SMILES string of the molecule is CC[C@H](N)c1c(F)ccc(C)c1F. The fourth-order valence-electron chi connectivity index (χ4n) is 1.22. The highest BCUT2D eigenvalue weighted by Gasteiger charge is 2.16. The monoisotopic (exact) mass is 185 g/mol. The van der Waals surface area contributed by atoms with E-state index in [1.54, 1.807) is 13.8 Å². The van der Waals surface area contributed by atoms with Crippen molar-refractivity contribution in [2.75, 3.05) is 0 Å². The second kappa shape index (κ2) is 3.83. The summed E-state index contributed by atoms with van der Waals surface area (Å²) in [5.41, 5.74) is 6.02. The summed E-state index contributed by atoms with van der Waals surface area (Å²) in [4.78, 5) is 0. The van der Waals surface area contributed by atoms with E-state index in [9.17, 15) is 8.78 Å². The summed E-state index contributed by atoms with van der Waals surface area (Å²) >= 11 is 0. The first-order valence-corrected chi connectivity index (χ1v) is 4.28. The van der Waals surface area contributed by atoms with Gasteiger partial charge >= 0.3 is 0 Å². The molecule has 0 saturated carbocycles. The fourth-order valence-corrected chi connectivity index (χ4v) is 1.22. The van der Waals surface area contributed by atoms with E-state index in [1.807, 2.05) is 0 Å². The molecule has 3 heteroatoms. The van der Waals surface area contributed by atoms with Gasteiger partial charge in [-0.1, -0.05) is 13.0 Å². The molecular formula is C10H13F2N. The van der Waals surface area contributed by atoms with Crippen molar-refractivity contribution >= 4 is 0 Å². The first-order valence-electron chi connectivity index (χ1n) is 4.28. The number of hydrogen-bond donors (Lipinski definition) is 1. The second-order valence-electron chi connectivity index (χ2n) is 3.11. The minimum absolute atomic E-state index is 0.00231. The van der Waals surface area contributed by atoms with Crippen molar-refractivity contribution in [1.82, 2.24) is 0 Å². The molecule has 0 radical (unpaired) electrons. The van der Waals surface area contributed by atoms with Gasteiger partial charge in [-0.15, -0.1) is 0 Å². The Morgan fingerprint density at radius 3 is 2.54 bits per heavy atom. The van der Waals surface area contributed by atoms with Crippen molar-refractivity contribution in [3.05, 3.63) is 34.9 Å². The van der Waals surface area contributed by atoms with Crippen LogP contribution in [0.25, 0.3) is 0 Å². The summed E-state index contributed by atoms with van der Waals surface area (Å²) in [5.74, 6) is -1.08. The average molecular weight is 185 g/mol. The molecule has 1 atom stereocenters. The summed E-state index contributed by atoms with van der Waals surface area (Å²) in [5, 5.41) is 0. The van der Waals surface area contributed by atoms with Crippen molar-refractivity contribution in [1.29, 1.82) is 0 Å². The zero-order valence-electron chi connectivity index (χ0n) is 7.77. The number of nitrogens with two attached hydrogens (primary N) is 1. The van der Waals surface area contributed by atoms with Gasteiger partial charge in [-0.2, -0.15) is 0 Å². The molecule has 2 N–H and O–H groups in total. The maximum atomic E-state index is 13.4. The molecule has 0 spiro atoms. The Bertz CT molecular complexity index is 310. The van der Waals surface area contributed by atoms with E-state index in [4.69, 9.17) is 5.73 Å². The van der Waals surface area contributed by atoms with Crippen LogP contribution >= 0.6 is 0 Å². The molecule has 0 unspecified atom stereocenters. The molecule has 13 heavy (non-hydrogen) atoms. The van der Waals surface area contributed by atoms with Crippen LogP contribution in [0.4, 0.5) is 8.78 Å². The largest absolute Gasteiger partial charge is 0.324 e. The molecule has 0 aromatic heterocycles. The highest BCUT2D eigenvalue weighted by molar-refractivity contribution is 5.28. The van der Waals surface area contributed by atoms with Crippen molar-refractivity contribution in [3.63, 3.8) is 0 Å². The zero-order chi connectivity index (χ0) is 10.0. The van der Waals surface area contributed by atoms with Gasteiger partial charge in [-0.05, 0) is 25.0 Å². The molecule has 1 nitrogen and oxygen atoms in total. The molecule has 0 saturated heterocycles. The van der Waals surface area contributed by atoms with Gasteiger partial charge in [0.2, 0.25) is 0 Å². The van der Waals surface area contributed by atoms with Crippen molar-refractivity contribution in [2.45, 2.75) is 26.3 Å². The molecule has 0 aliphatic heterocycles. The first kappa shape index (κ1) is 10.1. The van der Waals surface area contributed by atoms with E-state index in [0.717, 1.165) is 0 Å². The molecule has 1 aromatic carbocycles. The summed E-state index contributed by atoms with van der Waals surface area (Å²) in [6.45, 7) is 3.40. The Morgan fingerprint density at radius 1 is 1.38 bits per heavy atom. The lowest BCUT2D eigenvalue weighted by Gasteiger charge is -2.12. The van der Waals surface area contributed by atoms with Crippen molar-refractivity contribution in [3.8, 4) is 0 Å². The van der Waals surface area contributed by atoms with E-state index < -0.39 is 17.7 Å². The zero-order valence-corrected chi connectivity index (χ0v) is 7.77. The lowest BCUT2D eigenvalue weighted by atomic mass is 10.0. The smallest absolute Gasteiger partial charge is 0.133 e. The van der Waals surface area contributed by atoms with Gasteiger partial charge in [0.05, 0.1) is 0 Å². The minimum Gasteiger partial charge on any atom is -0.324 e. The highest BCUT2D eigenvalue weighted by atomic mass is 19.1. The Hall–Kier alpha value is -0.960. The van der Waals surface area contributed by atoms with E-state index in [1.165, 1.54) is 12.1 Å². The maximum absolute atomic E-state index is 13.4. The molecule has 0 heterocycles. The van der Waals surface area contributed by atoms with Crippen LogP contribution in [0.3, 0.4) is 0 Å². The topological polar surface area (TPSA) is 26.0 Å². The first-order chi connectivity index (χ1) is 6.07. The normalized spacial score (nSPS) is 13.0. The molecule has 0 aliphatic carbocycles. The molecule has 0 bridgehead atoms. The molecule has 0 aliphatic rings. The van der Waals surface area contributed by atoms with Crippen LogP contribution in [0.5, 0.6) is 0 Å². The third-order valence-corrected chi connectivity index (χ3v) is 2.13. The third-order valence-electron chi connectivity index (χ3n) is 2.13. The Kier molecular flexibility index (Phi) is 2.98. The van der Waals surface area contributed by atoms with Gasteiger partial charge in [-0.3, -0.25) is 0 Å². The summed E-state index contributed by atoms with van der Waals surface area (Å²) in [7, 11) is 0. The van der Waals surface area contributed by atoms with Crippen LogP contribution < -0.4 is 5.73 Å². The Morgan fingerprint density at radius 2 is 2.00 bits per heavy atom. The van der Waals surface area contributed by atoms with Gasteiger partial charge in [0.1, 0.15) is 11.6 Å². The lowest BCUT2D eigenvalue weighted by molar-refractivity contribution is 0.516. The number of benzene rings is 1. The van der Waals surface area contributed by atoms with Gasteiger partial charge in [0.15, 0.2) is 0 Å². The van der Waals surface area contributed by atoms with Crippen LogP contribution in [-0.2, 0) is 0 Å². The third kappa shape index (κ3) is 1.86. The fraction of sp³-hybridized carbons (Fsp3) is 0.400. The molecular weight excluding hydrogens is 172 g/mol. The van der Waals surface area contributed by atoms with Gasteiger partial charge in [-0.25, -0.2) is 8.78 Å². The predicted molar refractivity (Wildman–Crippen MR) is 48.3 cm³/mol. The lowest BCUT2D eigenvalue weighted by Crippen LogP contribution is -2.13. The van der Waals surface area contributed by atoms with Crippen LogP contribution in [0, 0.1) is 18.6 Å². The van der Waals surface area contributed by atoms with Crippen LogP contribution in [0.2, 0.25) is 0 Å². The highest BCUT2D eigenvalue weighted by Crippen LogP contribution is 2.23. The molecule has 1 rings (SSSR count). The van der Waals surface area contributed by atoms with Gasteiger partial charge < -0.3 is 5.73 Å². The van der Waals surface area contributed by atoms with Crippen LogP contribution in [0.15, 0.2) is 12.1 Å². The van der Waals surface area contributed by atoms with Crippen molar-refractivity contribution < 1.29 is 8.78 Å². The number of hydrogen-bond acceptors (Lipinski definition) is 1. The number of rotatable bonds is 2. The average Bonchev–Trinajstić information content (AvgIpc) is 2.12. The molecule has 1 aromatic rings. The van der Waals surface area contributed by atoms with E-state index in [0.29, 0.717) is 12.0 Å². The van der Waals surface area contributed by atoms with E-state index in [2.05, 4.69) is 0 Å². The second-order valence-corrected chi connectivity index (χ2v) is 3.11. The van der Waals surface area contributed by atoms with Crippen molar-refractivity contribution in [2.24, 2.45) is 5.73 Å². The minimum atomic E-state index is -0.558. The molecule has 0 fully saturated rings.